The molecule has 94 valence electrons. The molecule has 0 radical (unpaired) electrons. The summed E-state index contributed by atoms with van der Waals surface area (Å²) in [6.45, 7) is 3.57. The maximum Gasteiger partial charge on any atom is 0.139 e. The maximum absolute atomic E-state index is 13.4. The molecule has 0 saturated carbocycles. The fourth-order valence-electron chi connectivity index (χ4n) is 2.03. The van der Waals surface area contributed by atoms with E-state index >= 15 is 0 Å². The molecule has 2 nitrogen and oxygen atoms in total. The zero-order valence-electron chi connectivity index (χ0n) is 9.93. The molecular formula is C13H17BrFNO. The molecule has 1 heterocycles. The summed E-state index contributed by atoms with van der Waals surface area (Å²) in [5, 5.41) is 3.26. The van der Waals surface area contributed by atoms with Crippen molar-refractivity contribution in [3.8, 4) is 0 Å². The Labute approximate surface area is 110 Å². The summed E-state index contributed by atoms with van der Waals surface area (Å²) in [5.41, 5.74) is 1.88. The van der Waals surface area contributed by atoms with Crippen molar-refractivity contribution in [3.63, 3.8) is 0 Å². The van der Waals surface area contributed by atoms with Crippen molar-refractivity contribution >= 4 is 21.6 Å². The highest BCUT2D eigenvalue weighted by Gasteiger charge is 2.14. The van der Waals surface area contributed by atoms with Gasteiger partial charge in [0.15, 0.2) is 0 Å². The van der Waals surface area contributed by atoms with E-state index in [1.165, 1.54) is 12.5 Å². The number of aryl methyl sites for hydroxylation is 1. The average Bonchev–Trinajstić information content (AvgIpc) is 2.33. The van der Waals surface area contributed by atoms with Gasteiger partial charge in [0.25, 0.3) is 0 Å². The number of benzene rings is 1. The summed E-state index contributed by atoms with van der Waals surface area (Å²) in [5.74, 6) is -0.234. The predicted octanol–water partition coefficient (Wildman–Crippen LogP) is 3.88. The second-order valence-corrected chi connectivity index (χ2v) is 5.31. The lowest BCUT2D eigenvalue weighted by Crippen LogP contribution is -2.27. The van der Waals surface area contributed by atoms with Gasteiger partial charge in [-0.15, -0.1) is 0 Å². The van der Waals surface area contributed by atoms with Crippen LogP contribution in [0.4, 0.5) is 10.1 Å². The second-order valence-electron chi connectivity index (χ2n) is 4.45. The Morgan fingerprint density at radius 2 is 2.29 bits per heavy atom. The Morgan fingerprint density at radius 3 is 3.00 bits per heavy atom. The molecule has 0 bridgehead atoms. The first-order valence-corrected chi connectivity index (χ1v) is 6.77. The summed E-state index contributed by atoms with van der Waals surface area (Å²) < 4.78 is 19.5. The normalized spacial score (nSPS) is 20.3. The molecule has 1 unspecified atom stereocenters. The molecule has 0 aliphatic carbocycles. The van der Waals surface area contributed by atoms with Gasteiger partial charge in [0.2, 0.25) is 0 Å². The zero-order chi connectivity index (χ0) is 12.3. The fraction of sp³-hybridized carbons (Fsp3) is 0.538. The van der Waals surface area contributed by atoms with Gasteiger partial charge in [0.05, 0.1) is 10.6 Å². The molecule has 0 aromatic heterocycles. The van der Waals surface area contributed by atoms with Crippen LogP contribution in [-0.2, 0) is 4.74 Å². The van der Waals surface area contributed by atoms with Crippen LogP contribution in [0.5, 0.6) is 0 Å². The van der Waals surface area contributed by atoms with E-state index in [9.17, 15) is 4.39 Å². The van der Waals surface area contributed by atoms with Gasteiger partial charge < -0.3 is 10.1 Å². The van der Waals surface area contributed by atoms with Gasteiger partial charge in [-0.1, -0.05) is 0 Å². The molecule has 1 aliphatic heterocycles. The van der Waals surface area contributed by atoms with Crippen molar-refractivity contribution in [2.75, 3.05) is 18.5 Å². The number of ether oxygens (including phenoxy) is 1. The largest absolute Gasteiger partial charge is 0.382 e. The van der Waals surface area contributed by atoms with Crippen LogP contribution in [0.25, 0.3) is 0 Å². The van der Waals surface area contributed by atoms with Gasteiger partial charge in [-0.2, -0.15) is 0 Å². The van der Waals surface area contributed by atoms with E-state index < -0.39 is 0 Å². The number of anilines is 1. The molecule has 0 amide bonds. The summed E-state index contributed by atoms with van der Waals surface area (Å²) in [6, 6.07) is 3.32. The monoisotopic (exact) mass is 301 g/mol. The third kappa shape index (κ3) is 3.42. The van der Waals surface area contributed by atoms with Crippen LogP contribution in [0.15, 0.2) is 16.6 Å². The van der Waals surface area contributed by atoms with Crippen LogP contribution in [0.2, 0.25) is 0 Å². The number of hydrogen-bond acceptors (Lipinski definition) is 2. The lowest BCUT2D eigenvalue weighted by atomic mass is 10.1. The van der Waals surface area contributed by atoms with E-state index in [-0.39, 0.29) is 11.9 Å². The molecule has 1 N–H and O–H groups in total. The summed E-state index contributed by atoms with van der Waals surface area (Å²) in [7, 11) is 0. The van der Waals surface area contributed by atoms with E-state index in [0.717, 1.165) is 37.2 Å². The Hall–Kier alpha value is -0.610. The first-order valence-electron chi connectivity index (χ1n) is 5.98. The molecule has 1 aliphatic rings. The SMILES string of the molecule is Cc1cc(Br)c(F)cc1NCC1CCCCO1. The average molecular weight is 302 g/mol. The molecule has 1 saturated heterocycles. The van der Waals surface area contributed by atoms with Gasteiger partial charge in [-0.05, 0) is 59.8 Å². The van der Waals surface area contributed by atoms with Crippen molar-refractivity contribution < 1.29 is 9.13 Å². The van der Waals surface area contributed by atoms with Crippen LogP contribution in [0, 0.1) is 12.7 Å². The Balaban J connectivity index is 1.96. The van der Waals surface area contributed by atoms with Gasteiger partial charge in [0.1, 0.15) is 5.82 Å². The Kier molecular flexibility index (Phi) is 4.40. The van der Waals surface area contributed by atoms with Crippen molar-refractivity contribution in [2.24, 2.45) is 0 Å². The molecular weight excluding hydrogens is 285 g/mol. The standard InChI is InChI=1S/C13H17BrFNO/c1-9-6-11(14)12(15)7-13(9)16-8-10-4-2-3-5-17-10/h6-7,10,16H,2-5,8H2,1H3. The quantitative estimate of drug-likeness (QED) is 0.915. The fourth-order valence-corrected chi connectivity index (χ4v) is 2.49. The molecule has 17 heavy (non-hydrogen) atoms. The minimum absolute atomic E-state index is 0.234. The first kappa shape index (κ1) is 12.8. The van der Waals surface area contributed by atoms with Crippen LogP contribution < -0.4 is 5.32 Å². The topological polar surface area (TPSA) is 21.3 Å². The predicted molar refractivity (Wildman–Crippen MR) is 70.9 cm³/mol. The van der Waals surface area contributed by atoms with Crippen molar-refractivity contribution in [3.05, 3.63) is 28.0 Å². The Bertz CT molecular complexity index is 391. The maximum atomic E-state index is 13.4. The molecule has 1 atom stereocenters. The van der Waals surface area contributed by atoms with E-state index in [1.54, 1.807) is 6.07 Å². The van der Waals surface area contributed by atoms with Crippen LogP contribution >= 0.6 is 15.9 Å². The van der Waals surface area contributed by atoms with Crippen LogP contribution in [0.3, 0.4) is 0 Å². The number of halogens is 2. The highest BCUT2D eigenvalue weighted by molar-refractivity contribution is 9.10. The molecule has 1 aromatic rings. The van der Waals surface area contributed by atoms with E-state index in [0.29, 0.717) is 4.47 Å². The molecule has 2 rings (SSSR count). The highest BCUT2D eigenvalue weighted by Crippen LogP contribution is 2.24. The number of hydrogen-bond donors (Lipinski definition) is 1. The molecule has 0 spiro atoms. The zero-order valence-corrected chi connectivity index (χ0v) is 11.5. The molecule has 1 aromatic carbocycles. The lowest BCUT2D eigenvalue weighted by molar-refractivity contribution is 0.0247. The van der Waals surface area contributed by atoms with Gasteiger partial charge in [0, 0.05) is 18.8 Å². The van der Waals surface area contributed by atoms with Crippen LogP contribution in [-0.4, -0.2) is 19.3 Å². The van der Waals surface area contributed by atoms with Crippen molar-refractivity contribution in [1.82, 2.24) is 0 Å². The third-order valence-electron chi connectivity index (χ3n) is 3.06. The van der Waals surface area contributed by atoms with Gasteiger partial charge in [-0.25, -0.2) is 4.39 Å². The summed E-state index contributed by atoms with van der Waals surface area (Å²) in [6.07, 6.45) is 3.72. The number of nitrogens with one attached hydrogen (secondary N) is 1. The molecule has 4 heteroatoms. The summed E-state index contributed by atoms with van der Waals surface area (Å²) in [4.78, 5) is 0. The minimum atomic E-state index is -0.234. The van der Waals surface area contributed by atoms with Gasteiger partial charge in [-0.3, -0.25) is 0 Å². The van der Waals surface area contributed by atoms with Crippen molar-refractivity contribution in [2.45, 2.75) is 32.3 Å². The summed E-state index contributed by atoms with van der Waals surface area (Å²) >= 11 is 3.18. The first-order chi connectivity index (χ1) is 8.16. The van der Waals surface area contributed by atoms with Crippen molar-refractivity contribution in [1.29, 1.82) is 0 Å². The second kappa shape index (κ2) is 5.83. The van der Waals surface area contributed by atoms with E-state index in [1.807, 2.05) is 6.92 Å². The molecule has 1 fully saturated rings. The van der Waals surface area contributed by atoms with Crippen LogP contribution in [0.1, 0.15) is 24.8 Å². The minimum Gasteiger partial charge on any atom is -0.382 e. The Morgan fingerprint density at radius 1 is 1.47 bits per heavy atom. The van der Waals surface area contributed by atoms with E-state index in [4.69, 9.17) is 4.74 Å². The number of rotatable bonds is 3. The highest BCUT2D eigenvalue weighted by atomic mass is 79.9. The lowest BCUT2D eigenvalue weighted by Gasteiger charge is -2.23. The third-order valence-corrected chi connectivity index (χ3v) is 3.67. The smallest absolute Gasteiger partial charge is 0.139 e. The van der Waals surface area contributed by atoms with E-state index in [2.05, 4.69) is 21.2 Å². The van der Waals surface area contributed by atoms with Gasteiger partial charge >= 0.3 is 0 Å².